The van der Waals surface area contributed by atoms with Crippen LogP contribution in [0.4, 0.5) is 0 Å². The highest BCUT2D eigenvalue weighted by Gasteiger charge is 2.40. The highest BCUT2D eigenvalue weighted by molar-refractivity contribution is 5.85. The maximum Gasteiger partial charge on any atom is 0.142 e. The molecule has 2 aromatic carbocycles. The number of ketones is 1. The maximum absolute atomic E-state index is 12.8. The summed E-state index contributed by atoms with van der Waals surface area (Å²) >= 11 is 0. The number of hydrogen-bond acceptors (Lipinski definition) is 2. The van der Waals surface area contributed by atoms with Gasteiger partial charge in [0.05, 0.1) is 0 Å². The Bertz CT molecular complexity index is 662. The zero-order valence-electron chi connectivity index (χ0n) is 14.3. The number of nitrogens with one attached hydrogen (secondary N) is 1. The zero-order valence-corrected chi connectivity index (χ0v) is 14.3. The van der Waals surface area contributed by atoms with Crippen molar-refractivity contribution in [2.45, 2.75) is 39.8 Å². The van der Waals surface area contributed by atoms with Gasteiger partial charge in [-0.1, -0.05) is 73.5 Å². The van der Waals surface area contributed by atoms with Crippen molar-refractivity contribution in [3.05, 3.63) is 70.8 Å². The first kappa shape index (κ1) is 15.9. The Morgan fingerprint density at radius 1 is 0.783 bits per heavy atom. The molecule has 2 nitrogen and oxygen atoms in total. The van der Waals surface area contributed by atoms with E-state index in [2.05, 4.69) is 67.7 Å². The zero-order chi connectivity index (χ0) is 16.6. The average Bonchev–Trinajstić information content (AvgIpc) is 2.53. The first-order valence-electron chi connectivity index (χ1n) is 8.40. The second kappa shape index (κ2) is 6.29. The van der Waals surface area contributed by atoms with Crippen LogP contribution in [0, 0.1) is 25.7 Å². The van der Waals surface area contributed by atoms with Crippen LogP contribution in [0.25, 0.3) is 0 Å². The third kappa shape index (κ3) is 3.09. The Morgan fingerprint density at radius 2 is 1.22 bits per heavy atom. The highest BCUT2D eigenvalue weighted by atomic mass is 16.1. The topological polar surface area (TPSA) is 29.1 Å². The molecule has 120 valence electrons. The van der Waals surface area contributed by atoms with Gasteiger partial charge in [0.1, 0.15) is 5.78 Å². The van der Waals surface area contributed by atoms with Gasteiger partial charge in [-0.3, -0.25) is 4.79 Å². The molecular weight excluding hydrogens is 282 g/mol. The van der Waals surface area contributed by atoms with E-state index in [1.165, 1.54) is 22.3 Å². The number of carbonyl (C=O) groups excluding carboxylic acids is 1. The summed E-state index contributed by atoms with van der Waals surface area (Å²) in [4.78, 5) is 12.8. The summed E-state index contributed by atoms with van der Waals surface area (Å²) in [6.07, 6.45) is 0. The fourth-order valence-corrected chi connectivity index (χ4v) is 3.72. The Labute approximate surface area is 138 Å². The van der Waals surface area contributed by atoms with E-state index in [0.29, 0.717) is 5.78 Å². The quantitative estimate of drug-likeness (QED) is 0.883. The van der Waals surface area contributed by atoms with Gasteiger partial charge in [0, 0.05) is 23.9 Å². The maximum atomic E-state index is 12.8. The molecule has 3 rings (SSSR count). The van der Waals surface area contributed by atoms with Gasteiger partial charge in [-0.15, -0.1) is 0 Å². The van der Waals surface area contributed by atoms with Crippen LogP contribution in [0.3, 0.4) is 0 Å². The second-order valence-corrected chi connectivity index (χ2v) is 6.93. The lowest BCUT2D eigenvalue weighted by atomic mass is 9.76. The minimum Gasteiger partial charge on any atom is -0.302 e. The van der Waals surface area contributed by atoms with Gasteiger partial charge in [-0.2, -0.15) is 0 Å². The summed E-state index contributed by atoms with van der Waals surface area (Å²) in [7, 11) is 0. The minimum absolute atomic E-state index is 0.00661. The monoisotopic (exact) mass is 307 g/mol. The van der Waals surface area contributed by atoms with Gasteiger partial charge in [0.2, 0.25) is 0 Å². The standard InChI is InChI=1S/C21H25NO/c1-13-7-5-9-17(11-13)19-15(3)21(23)16(4)20(22-19)18-10-6-8-14(2)12-18/h5-12,15-16,19-20,22H,1-4H3/t15-,16+,19-,20+. The van der Waals surface area contributed by atoms with Crippen molar-refractivity contribution < 1.29 is 4.79 Å². The van der Waals surface area contributed by atoms with E-state index >= 15 is 0 Å². The third-order valence-corrected chi connectivity index (χ3v) is 5.06. The summed E-state index contributed by atoms with van der Waals surface area (Å²) in [5.74, 6) is 0.336. The van der Waals surface area contributed by atoms with Gasteiger partial charge in [-0.25, -0.2) is 0 Å². The lowest BCUT2D eigenvalue weighted by Crippen LogP contribution is -2.46. The molecule has 1 aliphatic rings. The minimum atomic E-state index is -0.00661. The molecule has 4 atom stereocenters. The molecule has 0 aliphatic carbocycles. The molecule has 23 heavy (non-hydrogen) atoms. The Hall–Kier alpha value is -1.93. The van der Waals surface area contributed by atoms with E-state index in [-0.39, 0.29) is 23.9 Å². The van der Waals surface area contributed by atoms with Crippen molar-refractivity contribution in [1.29, 1.82) is 0 Å². The lowest BCUT2D eigenvalue weighted by molar-refractivity contribution is -0.130. The molecule has 0 bridgehead atoms. The Morgan fingerprint density at radius 3 is 1.61 bits per heavy atom. The van der Waals surface area contributed by atoms with Crippen molar-refractivity contribution in [3.8, 4) is 0 Å². The molecule has 0 unspecified atom stereocenters. The second-order valence-electron chi connectivity index (χ2n) is 6.93. The normalized spacial score (nSPS) is 27.9. The number of hydrogen-bond donors (Lipinski definition) is 1. The van der Waals surface area contributed by atoms with E-state index in [0.717, 1.165) is 0 Å². The molecular formula is C21H25NO. The predicted molar refractivity (Wildman–Crippen MR) is 94.3 cm³/mol. The van der Waals surface area contributed by atoms with Crippen LogP contribution < -0.4 is 5.32 Å². The Balaban J connectivity index is 1.97. The fraction of sp³-hybridized carbons (Fsp3) is 0.381. The number of carbonyl (C=O) groups is 1. The molecule has 0 spiro atoms. The molecule has 2 aromatic rings. The summed E-state index contributed by atoms with van der Waals surface area (Å²) < 4.78 is 0. The largest absolute Gasteiger partial charge is 0.302 e. The van der Waals surface area contributed by atoms with E-state index in [4.69, 9.17) is 0 Å². The van der Waals surface area contributed by atoms with E-state index in [1.807, 2.05) is 13.8 Å². The number of rotatable bonds is 2. The molecule has 1 saturated heterocycles. The van der Waals surface area contributed by atoms with Crippen molar-refractivity contribution in [2.24, 2.45) is 11.8 Å². The van der Waals surface area contributed by atoms with Crippen LogP contribution in [0.1, 0.15) is 48.2 Å². The van der Waals surface area contributed by atoms with Gasteiger partial charge in [-0.05, 0) is 25.0 Å². The van der Waals surface area contributed by atoms with Crippen molar-refractivity contribution in [3.63, 3.8) is 0 Å². The van der Waals surface area contributed by atoms with Crippen LogP contribution in [0.2, 0.25) is 0 Å². The van der Waals surface area contributed by atoms with Crippen molar-refractivity contribution in [2.75, 3.05) is 0 Å². The SMILES string of the molecule is Cc1cccc([C@H]2N[C@@H](c3cccc(C)c3)[C@@H](C)C(=O)[C@H]2C)c1. The van der Waals surface area contributed by atoms with Crippen LogP contribution in [-0.4, -0.2) is 5.78 Å². The Kier molecular flexibility index (Phi) is 4.36. The molecule has 0 radical (unpaired) electrons. The highest BCUT2D eigenvalue weighted by Crippen LogP contribution is 2.38. The van der Waals surface area contributed by atoms with Gasteiger partial charge in [0.15, 0.2) is 0 Å². The first-order chi connectivity index (χ1) is 11.0. The molecule has 0 amide bonds. The van der Waals surface area contributed by atoms with E-state index in [9.17, 15) is 4.79 Å². The third-order valence-electron chi connectivity index (χ3n) is 5.06. The van der Waals surface area contributed by atoms with Crippen LogP contribution in [0.5, 0.6) is 0 Å². The van der Waals surface area contributed by atoms with Gasteiger partial charge in [0.25, 0.3) is 0 Å². The summed E-state index contributed by atoms with van der Waals surface area (Å²) in [5.41, 5.74) is 4.87. The number of benzene rings is 2. The summed E-state index contributed by atoms with van der Waals surface area (Å²) in [5, 5.41) is 3.75. The first-order valence-corrected chi connectivity index (χ1v) is 8.40. The van der Waals surface area contributed by atoms with Crippen molar-refractivity contribution in [1.82, 2.24) is 5.32 Å². The molecule has 1 aliphatic heterocycles. The lowest BCUT2D eigenvalue weighted by Gasteiger charge is -2.39. The number of Topliss-reactive ketones (excluding diaryl/α,β-unsaturated/α-hetero) is 1. The molecule has 1 fully saturated rings. The molecule has 0 aromatic heterocycles. The molecule has 1 heterocycles. The van der Waals surface area contributed by atoms with E-state index in [1.54, 1.807) is 0 Å². The molecule has 1 N–H and O–H groups in total. The van der Waals surface area contributed by atoms with Crippen molar-refractivity contribution >= 4 is 5.78 Å². The van der Waals surface area contributed by atoms with Gasteiger partial charge < -0.3 is 5.32 Å². The number of aryl methyl sites for hydroxylation is 2. The molecule has 2 heteroatoms. The molecule has 0 saturated carbocycles. The number of piperidine rings is 1. The fourth-order valence-electron chi connectivity index (χ4n) is 3.72. The summed E-state index contributed by atoms with van der Waals surface area (Å²) in [6, 6.07) is 17.1. The van der Waals surface area contributed by atoms with Crippen LogP contribution >= 0.6 is 0 Å². The van der Waals surface area contributed by atoms with E-state index < -0.39 is 0 Å². The van der Waals surface area contributed by atoms with Gasteiger partial charge >= 0.3 is 0 Å². The summed E-state index contributed by atoms with van der Waals surface area (Å²) in [6.45, 7) is 8.29. The van der Waals surface area contributed by atoms with Crippen LogP contribution in [0.15, 0.2) is 48.5 Å². The average molecular weight is 307 g/mol. The smallest absolute Gasteiger partial charge is 0.142 e. The predicted octanol–water partition coefficient (Wildman–Crippen LogP) is 4.53. The van der Waals surface area contributed by atoms with Crippen LogP contribution in [-0.2, 0) is 4.79 Å².